The van der Waals surface area contributed by atoms with Crippen LogP contribution in [0.3, 0.4) is 0 Å². The minimum atomic E-state index is -0.0493. The Morgan fingerprint density at radius 2 is 0.548 bits per heavy atom. The van der Waals surface area contributed by atoms with Crippen LogP contribution in [0.4, 0.5) is 34.1 Å². The van der Waals surface area contributed by atoms with Crippen LogP contribution in [0.15, 0.2) is 334 Å². The highest BCUT2D eigenvalue weighted by Crippen LogP contribution is 2.55. The van der Waals surface area contributed by atoms with E-state index in [1.807, 2.05) is 140 Å². The number of aromatic nitrogens is 7. The molecular formula is C90H51N9O4S. The first-order chi connectivity index (χ1) is 51.4. The molecule has 104 heavy (non-hydrogen) atoms. The molecule has 2 aliphatic rings. The van der Waals surface area contributed by atoms with Crippen molar-refractivity contribution in [2.75, 3.05) is 9.80 Å². The summed E-state index contributed by atoms with van der Waals surface area (Å²) in [6.07, 6.45) is 0. The van der Waals surface area contributed by atoms with E-state index in [4.69, 9.17) is 19.7 Å². The molecule has 0 aliphatic carbocycles. The van der Waals surface area contributed by atoms with Crippen LogP contribution in [-0.2, 0) is 0 Å². The standard InChI is InChI=1S/C30H17N3O2.C30H17N3OS.C30H17N3O/c2*34-30-20-16-17-22(32-24-12-3-5-14-26(24)35-27-15-6-4-13-25(27)32)18-8-7-9-19(28(18)20)29-31-21-10-1-2-11-23(21)33(29)30;34-30-22-16-17-26(32-24-13-4-1-8-18(24)19-9-2-5-14-25(19)32)20-10-7-11-21(28(20)22)29-31-23-12-3-6-15-27(23)33(29)30/h2*1-17H;1-17H. The molecule has 0 radical (unpaired) electrons. The molecule has 2 aliphatic heterocycles. The van der Waals surface area contributed by atoms with Crippen molar-refractivity contribution in [3.63, 3.8) is 0 Å². The van der Waals surface area contributed by atoms with Gasteiger partial charge in [0.15, 0.2) is 11.5 Å². The first-order valence-corrected chi connectivity index (χ1v) is 35.3. The van der Waals surface area contributed by atoms with Crippen LogP contribution in [0.1, 0.15) is 0 Å². The van der Waals surface area contributed by atoms with E-state index in [-0.39, 0.29) is 16.7 Å². The van der Waals surface area contributed by atoms with Gasteiger partial charge in [-0.2, -0.15) is 0 Å². The van der Waals surface area contributed by atoms with Crippen LogP contribution < -0.4 is 31.2 Å². The zero-order chi connectivity index (χ0) is 68.6. The number of anilines is 6. The van der Waals surface area contributed by atoms with E-state index < -0.39 is 0 Å². The van der Waals surface area contributed by atoms with Gasteiger partial charge < -0.3 is 19.1 Å². The largest absolute Gasteiger partial charge is 0.453 e. The Kier molecular flexibility index (Phi) is 12.3. The molecule has 0 bridgehead atoms. The van der Waals surface area contributed by atoms with Crippen LogP contribution in [0.25, 0.3) is 142 Å². The van der Waals surface area contributed by atoms with Crippen molar-refractivity contribution in [1.82, 2.24) is 32.7 Å². The number of hydrogen-bond donors (Lipinski definition) is 0. The van der Waals surface area contributed by atoms with Gasteiger partial charge in [0.25, 0.3) is 16.7 Å². The zero-order valence-corrected chi connectivity index (χ0v) is 55.8. The lowest BCUT2D eigenvalue weighted by atomic mass is 9.99. The zero-order valence-electron chi connectivity index (χ0n) is 55.0. The van der Waals surface area contributed by atoms with E-state index in [2.05, 4.69) is 184 Å². The second-order valence-electron chi connectivity index (χ2n) is 26.4. The molecule has 0 amide bonds. The van der Waals surface area contributed by atoms with Crippen LogP contribution in [0.2, 0.25) is 0 Å². The lowest BCUT2D eigenvalue weighted by Gasteiger charge is -2.33. The number of pyridine rings is 3. The fourth-order valence-corrected chi connectivity index (χ4v) is 17.6. The Bertz CT molecular complexity index is 7190. The lowest BCUT2D eigenvalue weighted by molar-refractivity contribution is 0.477. The van der Waals surface area contributed by atoms with Gasteiger partial charge in [-0.1, -0.05) is 188 Å². The molecule has 0 N–H and O–H groups in total. The van der Waals surface area contributed by atoms with Crippen LogP contribution in [0, 0.1) is 0 Å². The average molecular weight is 1350 g/mol. The molecule has 24 rings (SSSR count). The maximum atomic E-state index is 13.8. The molecule has 15 aromatic carbocycles. The van der Waals surface area contributed by atoms with E-state index >= 15 is 0 Å². The normalized spacial score (nSPS) is 12.7. The summed E-state index contributed by atoms with van der Waals surface area (Å²) in [6, 6.07) is 104. The third kappa shape index (κ3) is 8.15. The van der Waals surface area contributed by atoms with E-state index in [1.165, 1.54) is 20.6 Å². The summed E-state index contributed by atoms with van der Waals surface area (Å²) >= 11 is 1.79. The highest BCUT2D eigenvalue weighted by molar-refractivity contribution is 7.99. The van der Waals surface area contributed by atoms with Crippen molar-refractivity contribution in [1.29, 1.82) is 0 Å². The number of para-hydroxylation sites is 14. The molecule has 0 saturated heterocycles. The SMILES string of the molecule is O=c1c2ccc(-n3c4ccccc4c4ccccc43)c3cccc(c32)c2nc3ccccc3n12.O=c1c2ccc(N3c4ccccc4Oc4ccccc43)c3cccc(c32)c2nc3ccccc3n12.O=c1c2ccc(N3c4ccccc4Sc4ccccc43)c3cccc(c32)c2nc3ccccc3n12. The minimum absolute atomic E-state index is 0.0267. The monoisotopic (exact) mass is 1350 g/mol. The van der Waals surface area contributed by atoms with Gasteiger partial charge in [0.1, 0.15) is 16.9 Å². The Morgan fingerprint density at radius 3 is 0.971 bits per heavy atom. The molecule has 486 valence electrons. The number of ether oxygens (including phenoxy) is 1. The molecule has 0 saturated carbocycles. The van der Waals surface area contributed by atoms with E-state index in [0.717, 1.165) is 144 Å². The third-order valence-corrected chi connectivity index (χ3v) is 22.1. The van der Waals surface area contributed by atoms with Gasteiger partial charge in [-0.3, -0.25) is 27.6 Å². The molecule has 0 unspecified atom stereocenters. The average Bonchev–Trinajstić information content (AvgIpc) is 1.47. The van der Waals surface area contributed by atoms with Gasteiger partial charge in [0.05, 0.1) is 83.9 Å². The smallest absolute Gasteiger partial charge is 0.264 e. The first-order valence-electron chi connectivity index (χ1n) is 34.5. The predicted molar refractivity (Wildman–Crippen MR) is 423 cm³/mol. The van der Waals surface area contributed by atoms with Gasteiger partial charge in [-0.15, -0.1) is 0 Å². The van der Waals surface area contributed by atoms with Crippen molar-refractivity contribution in [3.05, 3.63) is 340 Å². The minimum Gasteiger partial charge on any atom is -0.453 e. The lowest BCUT2D eigenvalue weighted by Crippen LogP contribution is -2.17. The molecule has 14 heteroatoms. The molecule has 0 atom stereocenters. The van der Waals surface area contributed by atoms with Gasteiger partial charge >= 0.3 is 0 Å². The Labute approximate surface area is 593 Å². The number of hydrogen-bond acceptors (Lipinski definition) is 10. The topological polar surface area (TPSA) is 124 Å². The molecule has 0 fully saturated rings. The maximum Gasteiger partial charge on any atom is 0.264 e. The predicted octanol–water partition coefficient (Wildman–Crippen LogP) is 21.4. The number of benzene rings is 15. The van der Waals surface area contributed by atoms with Crippen molar-refractivity contribution < 1.29 is 4.74 Å². The summed E-state index contributed by atoms with van der Waals surface area (Å²) < 4.78 is 13.8. The van der Waals surface area contributed by atoms with Crippen molar-refractivity contribution in [2.24, 2.45) is 0 Å². The summed E-state index contributed by atoms with van der Waals surface area (Å²) in [4.78, 5) is 62.8. The van der Waals surface area contributed by atoms with Gasteiger partial charge in [-0.05, 0) is 133 Å². The Balaban J connectivity index is 0.0000000980. The second kappa shape index (κ2) is 22.0. The molecule has 22 aromatic rings. The molecule has 0 spiro atoms. The molecular weight excluding hydrogens is 1300 g/mol. The Hall–Kier alpha value is -14.0. The Morgan fingerprint density at radius 1 is 0.240 bits per heavy atom. The number of fused-ring (bicyclic) bond motifs is 19. The van der Waals surface area contributed by atoms with Crippen molar-refractivity contribution in [3.8, 4) is 17.2 Å². The summed E-state index contributed by atoms with van der Waals surface area (Å²) in [7, 11) is 0. The van der Waals surface area contributed by atoms with Gasteiger partial charge in [0.2, 0.25) is 0 Å². The highest BCUT2D eigenvalue weighted by Gasteiger charge is 2.31. The van der Waals surface area contributed by atoms with E-state index in [1.54, 1.807) is 25.0 Å². The van der Waals surface area contributed by atoms with E-state index in [0.29, 0.717) is 33.1 Å². The number of rotatable bonds is 3. The highest BCUT2D eigenvalue weighted by atomic mass is 32.2. The van der Waals surface area contributed by atoms with Crippen molar-refractivity contribution in [2.45, 2.75) is 9.79 Å². The third-order valence-electron chi connectivity index (χ3n) is 20.9. The van der Waals surface area contributed by atoms with Gasteiger partial charge in [-0.25, -0.2) is 15.0 Å². The second-order valence-corrected chi connectivity index (χ2v) is 27.5. The maximum absolute atomic E-state index is 13.8. The summed E-state index contributed by atoms with van der Waals surface area (Å²) in [5, 5.41) is 13.4. The fourth-order valence-electron chi connectivity index (χ4n) is 16.6. The van der Waals surface area contributed by atoms with Crippen LogP contribution in [-0.4, -0.2) is 32.7 Å². The van der Waals surface area contributed by atoms with Crippen LogP contribution >= 0.6 is 11.8 Å². The molecule has 13 nitrogen and oxygen atoms in total. The first kappa shape index (κ1) is 57.9. The summed E-state index contributed by atoms with van der Waals surface area (Å²) in [5.41, 5.74) is 16.6. The van der Waals surface area contributed by atoms with Gasteiger partial charge in [0, 0.05) is 85.2 Å². The molecule has 7 aromatic heterocycles. The van der Waals surface area contributed by atoms with Crippen molar-refractivity contribution >= 4 is 182 Å². The summed E-state index contributed by atoms with van der Waals surface area (Å²) in [6.45, 7) is 0. The number of nitrogens with zero attached hydrogens (tertiary/aromatic N) is 9. The quantitative estimate of drug-likeness (QED) is 0.169. The molecule has 9 heterocycles. The number of imidazole rings is 3. The fraction of sp³-hybridized carbons (Fsp3) is 0. The van der Waals surface area contributed by atoms with E-state index in [9.17, 15) is 14.4 Å². The summed E-state index contributed by atoms with van der Waals surface area (Å²) in [5.74, 6) is 1.59. The van der Waals surface area contributed by atoms with Crippen LogP contribution in [0.5, 0.6) is 11.5 Å².